The lowest BCUT2D eigenvalue weighted by molar-refractivity contribution is -0.385. The number of ether oxygens (including phenoxy) is 2. The molecule has 3 aromatic carbocycles. The maximum Gasteiger partial charge on any atom is 0.278 e. The molecule has 184 valence electrons. The number of hydrogen-bond donors (Lipinski definition) is 0. The third kappa shape index (κ3) is 3.62. The van der Waals surface area contributed by atoms with Crippen LogP contribution in [0.4, 0.5) is 17.1 Å². The van der Waals surface area contributed by atoms with Crippen molar-refractivity contribution in [1.29, 1.82) is 0 Å². The van der Waals surface area contributed by atoms with Crippen molar-refractivity contribution in [3.8, 4) is 11.5 Å². The van der Waals surface area contributed by atoms with Crippen LogP contribution in [0.3, 0.4) is 0 Å². The second-order valence-electron chi connectivity index (χ2n) is 8.53. The average molecular weight is 489 g/mol. The van der Waals surface area contributed by atoms with Crippen molar-refractivity contribution >= 4 is 28.9 Å². The second kappa shape index (κ2) is 8.97. The van der Waals surface area contributed by atoms with E-state index in [1.807, 2.05) is 19.1 Å². The standard InChI is InChI=1S/C26H23N3O7/c1-15-8-7-11-17(12-15)27-25(30)22-23(18-13-20(34-2)21(35-3)14-19(18)29(32)33)28(36-24(22)26(27)31)16-9-5-4-6-10-16/h4-14,22-24H,1-3H3/t22-,23+,24+/m0/s1. The number of fused-ring (bicyclic) bond motifs is 1. The second-order valence-corrected chi connectivity index (χ2v) is 8.53. The van der Waals surface area contributed by atoms with Gasteiger partial charge in [-0.3, -0.25) is 24.5 Å². The first-order valence-corrected chi connectivity index (χ1v) is 11.2. The summed E-state index contributed by atoms with van der Waals surface area (Å²) in [4.78, 5) is 46.1. The Balaban J connectivity index is 1.69. The lowest BCUT2D eigenvalue weighted by Crippen LogP contribution is -2.37. The minimum Gasteiger partial charge on any atom is -0.493 e. The van der Waals surface area contributed by atoms with Gasteiger partial charge in [0, 0.05) is 0 Å². The normalized spacial score (nSPS) is 21.0. The molecule has 2 saturated heterocycles. The number of para-hydroxylation sites is 1. The Labute approximate surface area is 206 Å². The third-order valence-electron chi connectivity index (χ3n) is 6.43. The molecule has 0 bridgehead atoms. The van der Waals surface area contributed by atoms with Crippen LogP contribution in [0, 0.1) is 23.0 Å². The number of nitrogens with zero attached hydrogens (tertiary/aromatic N) is 3. The molecule has 2 heterocycles. The van der Waals surface area contributed by atoms with Crippen LogP contribution in [0.1, 0.15) is 17.2 Å². The molecule has 5 rings (SSSR count). The molecule has 0 spiro atoms. The number of carbonyl (C=O) groups is 2. The number of rotatable bonds is 6. The van der Waals surface area contributed by atoms with E-state index in [4.69, 9.17) is 14.3 Å². The van der Waals surface area contributed by atoms with Crippen LogP contribution in [0.15, 0.2) is 66.7 Å². The van der Waals surface area contributed by atoms with Crippen LogP contribution in [0.5, 0.6) is 11.5 Å². The van der Waals surface area contributed by atoms with Crippen molar-refractivity contribution in [2.75, 3.05) is 24.2 Å². The van der Waals surface area contributed by atoms with Crippen molar-refractivity contribution in [2.45, 2.75) is 19.1 Å². The van der Waals surface area contributed by atoms with Gasteiger partial charge >= 0.3 is 0 Å². The molecular formula is C26H23N3O7. The minimum absolute atomic E-state index is 0.168. The molecule has 10 heteroatoms. The summed E-state index contributed by atoms with van der Waals surface area (Å²) in [6, 6.07) is 17.6. The molecule has 0 aromatic heterocycles. The maximum atomic E-state index is 13.8. The number of methoxy groups -OCH3 is 2. The Hall–Kier alpha value is -4.44. The van der Waals surface area contributed by atoms with Crippen LogP contribution in [0.25, 0.3) is 0 Å². The van der Waals surface area contributed by atoms with E-state index in [2.05, 4.69) is 0 Å². The summed E-state index contributed by atoms with van der Waals surface area (Å²) >= 11 is 0. The number of hydrogen-bond acceptors (Lipinski definition) is 8. The number of amides is 2. The number of imide groups is 1. The molecule has 0 unspecified atom stereocenters. The number of benzene rings is 3. The fraction of sp³-hybridized carbons (Fsp3) is 0.231. The van der Waals surface area contributed by atoms with Gasteiger partial charge in [-0.1, -0.05) is 30.3 Å². The van der Waals surface area contributed by atoms with Crippen molar-refractivity contribution in [1.82, 2.24) is 0 Å². The number of nitro benzene ring substituents is 1. The Kier molecular flexibility index (Phi) is 5.81. The summed E-state index contributed by atoms with van der Waals surface area (Å²) in [5, 5.41) is 13.5. The topological polar surface area (TPSA) is 111 Å². The molecule has 2 fully saturated rings. The van der Waals surface area contributed by atoms with E-state index in [0.717, 1.165) is 10.5 Å². The molecular weight excluding hydrogens is 466 g/mol. The van der Waals surface area contributed by atoms with E-state index in [9.17, 15) is 19.7 Å². The quantitative estimate of drug-likeness (QED) is 0.291. The van der Waals surface area contributed by atoms with Crippen LogP contribution >= 0.6 is 0 Å². The number of anilines is 2. The van der Waals surface area contributed by atoms with E-state index in [1.54, 1.807) is 42.5 Å². The first-order chi connectivity index (χ1) is 17.3. The largest absolute Gasteiger partial charge is 0.493 e. The van der Waals surface area contributed by atoms with E-state index in [0.29, 0.717) is 11.4 Å². The molecule has 2 aliphatic rings. The van der Waals surface area contributed by atoms with E-state index < -0.39 is 34.8 Å². The summed E-state index contributed by atoms with van der Waals surface area (Å²) in [6.07, 6.45) is -1.16. The number of aryl methyl sites for hydroxylation is 1. The van der Waals surface area contributed by atoms with Crippen molar-refractivity contribution in [3.05, 3.63) is 88.0 Å². The Morgan fingerprint density at radius 2 is 1.56 bits per heavy atom. The van der Waals surface area contributed by atoms with E-state index >= 15 is 0 Å². The number of carbonyl (C=O) groups excluding carboxylic acids is 2. The van der Waals surface area contributed by atoms with Crippen LogP contribution in [-0.4, -0.2) is 37.1 Å². The first-order valence-electron chi connectivity index (χ1n) is 11.2. The monoisotopic (exact) mass is 489 g/mol. The highest BCUT2D eigenvalue weighted by molar-refractivity contribution is 6.24. The summed E-state index contributed by atoms with van der Waals surface area (Å²) in [5.41, 5.74) is 1.74. The minimum atomic E-state index is -1.16. The third-order valence-corrected chi connectivity index (χ3v) is 6.43. The lowest BCUT2D eigenvalue weighted by Gasteiger charge is -2.29. The zero-order chi connectivity index (χ0) is 25.6. The summed E-state index contributed by atoms with van der Waals surface area (Å²) in [5.74, 6) is -1.63. The van der Waals surface area contributed by atoms with Gasteiger partial charge in [-0.05, 0) is 42.8 Å². The van der Waals surface area contributed by atoms with Crippen LogP contribution in [0.2, 0.25) is 0 Å². The van der Waals surface area contributed by atoms with Crippen molar-refractivity contribution < 1.29 is 28.8 Å². The molecule has 0 radical (unpaired) electrons. The van der Waals surface area contributed by atoms with E-state index in [-0.39, 0.29) is 22.7 Å². The molecule has 36 heavy (non-hydrogen) atoms. The molecule has 2 aliphatic heterocycles. The predicted molar refractivity (Wildman–Crippen MR) is 130 cm³/mol. The van der Waals surface area contributed by atoms with Gasteiger partial charge in [0.15, 0.2) is 17.6 Å². The molecule has 0 N–H and O–H groups in total. The van der Waals surface area contributed by atoms with E-state index in [1.165, 1.54) is 31.4 Å². The Bertz CT molecular complexity index is 1360. The summed E-state index contributed by atoms with van der Waals surface area (Å²) in [7, 11) is 2.80. The van der Waals surface area contributed by atoms with Gasteiger partial charge in [0.25, 0.3) is 11.6 Å². The Morgan fingerprint density at radius 3 is 2.19 bits per heavy atom. The fourth-order valence-corrected chi connectivity index (χ4v) is 4.83. The maximum absolute atomic E-state index is 13.8. The lowest BCUT2D eigenvalue weighted by atomic mass is 9.89. The molecule has 3 aromatic rings. The highest BCUT2D eigenvalue weighted by atomic mass is 16.7. The van der Waals surface area contributed by atoms with Gasteiger partial charge in [-0.2, -0.15) is 0 Å². The highest BCUT2D eigenvalue weighted by Gasteiger charge is 2.61. The van der Waals surface area contributed by atoms with Gasteiger partial charge in [0.1, 0.15) is 12.0 Å². The predicted octanol–water partition coefficient (Wildman–Crippen LogP) is 3.97. The zero-order valence-corrected chi connectivity index (χ0v) is 19.8. The van der Waals surface area contributed by atoms with Gasteiger partial charge in [-0.25, -0.2) is 9.96 Å². The first kappa shape index (κ1) is 23.3. The molecule has 2 amide bonds. The Morgan fingerprint density at radius 1 is 0.889 bits per heavy atom. The van der Waals surface area contributed by atoms with Crippen molar-refractivity contribution in [2.24, 2.45) is 5.92 Å². The molecule has 3 atom stereocenters. The smallest absolute Gasteiger partial charge is 0.278 e. The fourth-order valence-electron chi connectivity index (χ4n) is 4.83. The SMILES string of the molecule is COc1cc([C@@H]2[C@@H]3C(=O)N(c4cccc(C)c4)C(=O)[C@@H]3ON2c2ccccc2)c([N+](=O)[O-])cc1OC. The zero-order valence-electron chi connectivity index (χ0n) is 19.8. The number of hydroxylamine groups is 1. The summed E-state index contributed by atoms with van der Waals surface area (Å²) < 4.78 is 10.7. The number of nitro groups is 1. The van der Waals surface area contributed by atoms with Gasteiger partial charge in [0.05, 0.1) is 42.1 Å². The van der Waals surface area contributed by atoms with Gasteiger partial charge in [0.2, 0.25) is 5.91 Å². The summed E-state index contributed by atoms with van der Waals surface area (Å²) in [6.45, 7) is 1.86. The van der Waals surface area contributed by atoms with Crippen LogP contribution in [-0.2, 0) is 14.4 Å². The van der Waals surface area contributed by atoms with Gasteiger partial charge in [-0.15, -0.1) is 0 Å². The molecule has 0 aliphatic carbocycles. The molecule has 0 saturated carbocycles. The van der Waals surface area contributed by atoms with Gasteiger partial charge < -0.3 is 9.47 Å². The highest BCUT2D eigenvalue weighted by Crippen LogP contribution is 2.51. The molecule has 10 nitrogen and oxygen atoms in total. The van der Waals surface area contributed by atoms with Crippen LogP contribution < -0.4 is 19.4 Å². The van der Waals surface area contributed by atoms with Crippen molar-refractivity contribution in [3.63, 3.8) is 0 Å². The average Bonchev–Trinajstić information content (AvgIpc) is 3.39.